The van der Waals surface area contributed by atoms with Crippen LogP contribution in [0.5, 0.6) is 0 Å². The lowest BCUT2D eigenvalue weighted by Crippen LogP contribution is -2.26. The highest BCUT2D eigenvalue weighted by atomic mass is 32.2. The number of benzene rings is 1. The molecular weight excluding hydrogens is 296 g/mol. The zero-order valence-corrected chi connectivity index (χ0v) is 12.1. The molecule has 0 spiro atoms. The average Bonchev–Trinajstić information content (AvgIpc) is 2.76. The summed E-state index contributed by atoms with van der Waals surface area (Å²) in [6.45, 7) is 2.12. The highest BCUT2D eigenvalue weighted by molar-refractivity contribution is 7.86. The van der Waals surface area contributed by atoms with Crippen LogP contribution in [-0.2, 0) is 14.9 Å². The number of anilines is 1. The van der Waals surface area contributed by atoms with Gasteiger partial charge in [0.1, 0.15) is 4.90 Å². The van der Waals surface area contributed by atoms with Gasteiger partial charge in [0.2, 0.25) is 5.91 Å². The molecular formula is C12H14N4O4S. The fraction of sp³-hybridized carbons (Fsp3) is 0.417. The molecule has 1 atom stereocenters. The lowest BCUT2D eigenvalue weighted by Gasteiger charge is -2.19. The van der Waals surface area contributed by atoms with Crippen molar-refractivity contribution in [2.75, 3.05) is 18.0 Å². The van der Waals surface area contributed by atoms with E-state index in [1.807, 2.05) is 0 Å². The van der Waals surface area contributed by atoms with Crippen LogP contribution in [0.1, 0.15) is 12.0 Å². The molecule has 2 rings (SSSR count). The summed E-state index contributed by atoms with van der Waals surface area (Å²) in [4.78, 5) is 15.7. The molecule has 8 nitrogen and oxygen atoms in total. The summed E-state index contributed by atoms with van der Waals surface area (Å²) in [5.41, 5.74) is 9.11. The van der Waals surface area contributed by atoms with E-state index in [1.165, 1.54) is 17.0 Å². The standard InChI is InChI=1S/C12H14N4O4S/c1-8-2-3-10(11(4-8)21(18,19)20)16-7-9(5-12(16)17)6-14-15-13/h2-4,9H,5-7H2,1H3,(H,18,19,20). The highest BCUT2D eigenvalue weighted by Crippen LogP contribution is 2.31. The minimum atomic E-state index is -4.43. The van der Waals surface area contributed by atoms with Crippen molar-refractivity contribution in [3.8, 4) is 0 Å². The summed E-state index contributed by atoms with van der Waals surface area (Å²) in [7, 11) is -4.43. The predicted octanol–water partition coefficient (Wildman–Crippen LogP) is 1.90. The Morgan fingerprint density at radius 1 is 1.52 bits per heavy atom. The molecule has 1 amide bonds. The van der Waals surface area contributed by atoms with E-state index in [2.05, 4.69) is 10.0 Å². The first-order valence-electron chi connectivity index (χ1n) is 6.22. The van der Waals surface area contributed by atoms with Crippen molar-refractivity contribution < 1.29 is 17.8 Å². The molecule has 0 aromatic heterocycles. The summed E-state index contributed by atoms with van der Waals surface area (Å²) in [6.07, 6.45) is 0.178. The summed E-state index contributed by atoms with van der Waals surface area (Å²) < 4.78 is 32.3. The minimum absolute atomic E-state index is 0.150. The third kappa shape index (κ3) is 3.33. The molecule has 1 heterocycles. The molecule has 112 valence electrons. The Balaban J connectivity index is 2.39. The van der Waals surface area contributed by atoms with E-state index in [-0.39, 0.29) is 41.9 Å². The van der Waals surface area contributed by atoms with Gasteiger partial charge < -0.3 is 4.90 Å². The zero-order chi connectivity index (χ0) is 15.6. The number of aryl methyl sites for hydroxylation is 1. The number of rotatable bonds is 4. The largest absolute Gasteiger partial charge is 0.311 e. The van der Waals surface area contributed by atoms with E-state index in [0.29, 0.717) is 5.56 Å². The lowest BCUT2D eigenvalue weighted by atomic mass is 10.1. The minimum Gasteiger partial charge on any atom is -0.311 e. The van der Waals surface area contributed by atoms with E-state index in [1.54, 1.807) is 13.0 Å². The molecule has 0 bridgehead atoms. The van der Waals surface area contributed by atoms with Gasteiger partial charge in [-0.15, -0.1) is 0 Å². The van der Waals surface area contributed by atoms with Gasteiger partial charge in [0.05, 0.1) is 5.69 Å². The maximum Gasteiger partial charge on any atom is 0.296 e. The van der Waals surface area contributed by atoms with Gasteiger partial charge in [-0.25, -0.2) is 0 Å². The second-order valence-electron chi connectivity index (χ2n) is 4.93. The molecule has 1 aromatic rings. The van der Waals surface area contributed by atoms with Crippen LogP contribution < -0.4 is 4.90 Å². The Morgan fingerprint density at radius 3 is 2.86 bits per heavy atom. The van der Waals surface area contributed by atoms with E-state index in [4.69, 9.17) is 5.53 Å². The summed E-state index contributed by atoms with van der Waals surface area (Å²) >= 11 is 0. The van der Waals surface area contributed by atoms with Gasteiger partial charge >= 0.3 is 0 Å². The smallest absolute Gasteiger partial charge is 0.296 e. The van der Waals surface area contributed by atoms with Crippen LogP contribution in [0.2, 0.25) is 0 Å². The summed E-state index contributed by atoms with van der Waals surface area (Å²) in [6, 6.07) is 4.48. The van der Waals surface area contributed by atoms with Crippen LogP contribution in [0.15, 0.2) is 28.2 Å². The van der Waals surface area contributed by atoms with Crippen LogP contribution in [0.3, 0.4) is 0 Å². The fourth-order valence-electron chi connectivity index (χ4n) is 2.34. The molecule has 21 heavy (non-hydrogen) atoms. The van der Waals surface area contributed by atoms with Crippen LogP contribution in [0, 0.1) is 12.8 Å². The topological polar surface area (TPSA) is 123 Å². The number of amides is 1. The van der Waals surface area contributed by atoms with Crippen LogP contribution in [-0.4, -0.2) is 32.0 Å². The Bertz CT molecular complexity index is 725. The van der Waals surface area contributed by atoms with Crippen molar-refractivity contribution in [3.63, 3.8) is 0 Å². The third-order valence-electron chi connectivity index (χ3n) is 3.29. The van der Waals surface area contributed by atoms with Crippen molar-refractivity contribution in [3.05, 3.63) is 34.2 Å². The maximum atomic E-state index is 12.0. The van der Waals surface area contributed by atoms with Crippen molar-refractivity contribution >= 4 is 21.7 Å². The molecule has 1 saturated heterocycles. The number of carbonyl (C=O) groups is 1. The second kappa shape index (κ2) is 5.72. The van der Waals surface area contributed by atoms with E-state index >= 15 is 0 Å². The molecule has 1 aliphatic heterocycles. The molecule has 1 unspecified atom stereocenters. The summed E-state index contributed by atoms with van der Waals surface area (Å²) in [5, 5.41) is 3.44. The first-order valence-corrected chi connectivity index (χ1v) is 7.66. The predicted molar refractivity (Wildman–Crippen MR) is 75.5 cm³/mol. The lowest BCUT2D eigenvalue weighted by molar-refractivity contribution is -0.117. The van der Waals surface area contributed by atoms with Gasteiger partial charge in [0.25, 0.3) is 10.1 Å². The Morgan fingerprint density at radius 2 is 2.24 bits per heavy atom. The van der Waals surface area contributed by atoms with Gasteiger partial charge in [-0.1, -0.05) is 11.2 Å². The Labute approximate surface area is 121 Å². The van der Waals surface area contributed by atoms with E-state index in [0.717, 1.165) is 0 Å². The highest BCUT2D eigenvalue weighted by Gasteiger charge is 2.33. The third-order valence-corrected chi connectivity index (χ3v) is 4.18. The SMILES string of the molecule is Cc1ccc(N2CC(CN=[N+]=[N-])CC2=O)c(S(=O)(=O)O)c1. The van der Waals surface area contributed by atoms with Crippen LogP contribution in [0.25, 0.3) is 10.4 Å². The van der Waals surface area contributed by atoms with E-state index in [9.17, 15) is 17.8 Å². The number of hydrogen-bond donors (Lipinski definition) is 1. The summed E-state index contributed by atoms with van der Waals surface area (Å²) in [5.74, 6) is -0.425. The zero-order valence-electron chi connectivity index (χ0n) is 11.3. The molecule has 1 N–H and O–H groups in total. The molecule has 0 aliphatic carbocycles. The van der Waals surface area contributed by atoms with Gasteiger partial charge in [-0.3, -0.25) is 9.35 Å². The van der Waals surface area contributed by atoms with Crippen LogP contribution in [0.4, 0.5) is 5.69 Å². The van der Waals surface area contributed by atoms with E-state index < -0.39 is 10.1 Å². The molecule has 1 aliphatic rings. The fourth-order valence-corrected chi connectivity index (χ4v) is 3.12. The second-order valence-corrected chi connectivity index (χ2v) is 6.32. The maximum absolute atomic E-state index is 12.0. The average molecular weight is 310 g/mol. The van der Waals surface area contributed by atoms with Gasteiger partial charge in [0, 0.05) is 24.4 Å². The normalized spacial score (nSPS) is 18.7. The monoisotopic (exact) mass is 310 g/mol. The van der Waals surface area contributed by atoms with Crippen molar-refractivity contribution in [1.82, 2.24) is 0 Å². The van der Waals surface area contributed by atoms with Gasteiger partial charge in [-0.05, 0) is 36.1 Å². The quantitative estimate of drug-likeness (QED) is 0.394. The molecule has 0 saturated carbocycles. The molecule has 1 fully saturated rings. The number of azide groups is 1. The molecule has 9 heteroatoms. The number of carbonyl (C=O) groups excluding carboxylic acids is 1. The van der Waals surface area contributed by atoms with Crippen molar-refractivity contribution in [2.24, 2.45) is 11.0 Å². The molecule has 0 radical (unpaired) electrons. The van der Waals surface area contributed by atoms with Gasteiger partial charge in [-0.2, -0.15) is 8.42 Å². The Kier molecular flexibility index (Phi) is 4.17. The number of hydrogen-bond acceptors (Lipinski definition) is 4. The Hall–Kier alpha value is -2.09. The van der Waals surface area contributed by atoms with Crippen molar-refractivity contribution in [2.45, 2.75) is 18.2 Å². The van der Waals surface area contributed by atoms with Crippen LogP contribution >= 0.6 is 0 Å². The first-order chi connectivity index (χ1) is 9.82. The van der Waals surface area contributed by atoms with Gasteiger partial charge in [0.15, 0.2) is 0 Å². The first kappa shape index (κ1) is 15.3. The van der Waals surface area contributed by atoms with Crippen molar-refractivity contribution in [1.29, 1.82) is 0 Å². The molecule has 1 aromatic carbocycles. The number of nitrogens with zero attached hydrogens (tertiary/aromatic N) is 4.